The average molecular weight is 255 g/mol. The topological polar surface area (TPSA) is 29.9 Å². The normalized spacial score (nSPS) is 12.9. The van der Waals surface area contributed by atoms with E-state index in [0.717, 1.165) is 25.3 Å². The summed E-state index contributed by atoms with van der Waals surface area (Å²) in [4.78, 5) is 0. The van der Waals surface area contributed by atoms with E-state index in [0.29, 0.717) is 6.04 Å². The third-order valence-electron chi connectivity index (χ3n) is 2.63. The highest BCUT2D eigenvalue weighted by Gasteiger charge is 2.14. The first-order chi connectivity index (χ1) is 8.33. The number of hydrogen-bond donors (Lipinski definition) is 1. The van der Waals surface area contributed by atoms with Gasteiger partial charge in [-0.1, -0.05) is 20.8 Å². The Bertz CT molecular complexity index is 299. The molecule has 1 aromatic heterocycles. The van der Waals surface area contributed by atoms with Gasteiger partial charge in [0.25, 0.3) is 0 Å². The van der Waals surface area contributed by atoms with Crippen molar-refractivity contribution in [2.45, 2.75) is 46.2 Å². The van der Waals surface area contributed by atoms with E-state index in [1.165, 1.54) is 17.9 Å². The SMILES string of the molecule is CCCSCC(NCC)c1ccnn1CCC. The molecule has 0 saturated heterocycles. The van der Waals surface area contributed by atoms with Crippen molar-refractivity contribution in [2.24, 2.45) is 0 Å². The second-order valence-corrected chi connectivity index (χ2v) is 5.31. The molecule has 0 amide bonds. The van der Waals surface area contributed by atoms with Crippen molar-refractivity contribution >= 4 is 11.8 Å². The highest BCUT2D eigenvalue weighted by atomic mass is 32.2. The predicted molar refractivity (Wildman–Crippen MR) is 76.6 cm³/mol. The molecule has 3 nitrogen and oxygen atoms in total. The zero-order chi connectivity index (χ0) is 12.5. The molecule has 98 valence electrons. The van der Waals surface area contributed by atoms with Crippen LogP contribution in [0.2, 0.25) is 0 Å². The van der Waals surface area contributed by atoms with Gasteiger partial charge in [0.15, 0.2) is 0 Å². The minimum atomic E-state index is 0.436. The molecule has 0 radical (unpaired) electrons. The van der Waals surface area contributed by atoms with Crippen LogP contribution in [0.3, 0.4) is 0 Å². The summed E-state index contributed by atoms with van der Waals surface area (Å²) in [6, 6.07) is 2.58. The zero-order valence-electron chi connectivity index (χ0n) is 11.3. The zero-order valence-corrected chi connectivity index (χ0v) is 12.1. The van der Waals surface area contributed by atoms with E-state index in [2.05, 4.69) is 41.9 Å². The Kier molecular flexibility index (Phi) is 7.37. The fourth-order valence-electron chi connectivity index (χ4n) is 1.88. The fourth-order valence-corrected chi connectivity index (χ4v) is 2.86. The Morgan fingerprint density at radius 2 is 2.18 bits per heavy atom. The van der Waals surface area contributed by atoms with Crippen LogP contribution in [0.4, 0.5) is 0 Å². The third-order valence-corrected chi connectivity index (χ3v) is 3.89. The van der Waals surface area contributed by atoms with Crippen LogP contribution in [0.25, 0.3) is 0 Å². The van der Waals surface area contributed by atoms with Crippen molar-refractivity contribution in [3.8, 4) is 0 Å². The summed E-state index contributed by atoms with van der Waals surface area (Å²) >= 11 is 2.02. The van der Waals surface area contributed by atoms with Crippen molar-refractivity contribution in [3.05, 3.63) is 18.0 Å². The van der Waals surface area contributed by atoms with Gasteiger partial charge in [0.1, 0.15) is 0 Å². The highest BCUT2D eigenvalue weighted by molar-refractivity contribution is 7.99. The maximum atomic E-state index is 4.40. The Hall–Kier alpha value is -0.480. The molecule has 1 unspecified atom stereocenters. The molecule has 0 aliphatic heterocycles. The summed E-state index contributed by atoms with van der Waals surface area (Å²) in [5.74, 6) is 2.38. The Balaban J connectivity index is 2.63. The molecular weight excluding hydrogens is 230 g/mol. The van der Waals surface area contributed by atoms with Gasteiger partial charge in [0.05, 0.1) is 11.7 Å². The third kappa shape index (κ3) is 4.72. The van der Waals surface area contributed by atoms with Crippen LogP contribution in [0.5, 0.6) is 0 Å². The van der Waals surface area contributed by atoms with Gasteiger partial charge < -0.3 is 5.32 Å². The summed E-state index contributed by atoms with van der Waals surface area (Å²) in [6.45, 7) is 8.62. The number of hydrogen-bond acceptors (Lipinski definition) is 3. The van der Waals surface area contributed by atoms with Crippen molar-refractivity contribution in [1.29, 1.82) is 0 Å². The van der Waals surface area contributed by atoms with Gasteiger partial charge in [-0.3, -0.25) is 4.68 Å². The molecular formula is C13H25N3S. The maximum absolute atomic E-state index is 4.40. The molecule has 1 aromatic rings. The first-order valence-corrected chi connectivity index (χ1v) is 7.81. The predicted octanol–water partition coefficient (Wildman–Crippen LogP) is 3.09. The lowest BCUT2D eigenvalue weighted by atomic mass is 10.2. The molecule has 4 heteroatoms. The Labute approximate surface area is 109 Å². The van der Waals surface area contributed by atoms with Crippen molar-refractivity contribution in [1.82, 2.24) is 15.1 Å². The second kappa shape index (κ2) is 8.59. The van der Waals surface area contributed by atoms with Gasteiger partial charge in [-0.05, 0) is 31.2 Å². The van der Waals surface area contributed by atoms with Crippen LogP contribution in [-0.4, -0.2) is 27.8 Å². The van der Waals surface area contributed by atoms with E-state index in [1.807, 2.05) is 18.0 Å². The molecule has 0 aliphatic carbocycles. The van der Waals surface area contributed by atoms with Gasteiger partial charge in [0, 0.05) is 18.5 Å². The van der Waals surface area contributed by atoms with Crippen LogP contribution in [0, 0.1) is 0 Å². The highest BCUT2D eigenvalue weighted by Crippen LogP contribution is 2.19. The number of nitrogens with one attached hydrogen (secondary N) is 1. The molecule has 17 heavy (non-hydrogen) atoms. The quantitative estimate of drug-likeness (QED) is 0.688. The first-order valence-electron chi connectivity index (χ1n) is 6.66. The number of rotatable bonds is 9. The van der Waals surface area contributed by atoms with Gasteiger partial charge in [0.2, 0.25) is 0 Å². The van der Waals surface area contributed by atoms with Crippen LogP contribution in [0.1, 0.15) is 45.3 Å². The molecule has 0 aromatic carbocycles. The first kappa shape index (κ1) is 14.6. The van der Waals surface area contributed by atoms with E-state index in [9.17, 15) is 0 Å². The maximum Gasteiger partial charge on any atom is 0.0583 e. The summed E-state index contributed by atoms with van der Waals surface area (Å²) in [7, 11) is 0. The monoisotopic (exact) mass is 255 g/mol. The molecule has 0 saturated carbocycles. The molecule has 0 spiro atoms. The van der Waals surface area contributed by atoms with E-state index >= 15 is 0 Å². The Morgan fingerprint density at radius 3 is 2.82 bits per heavy atom. The molecule has 1 rings (SSSR count). The van der Waals surface area contributed by atoms with Crippen molar-refractivity contribution in [3.63, 3.8) is 0 Å². The molecule has 1 heterocycles. The molecule has 0 fully saturated rings. The minimum Gasteiger partial charge on any atom is -0.308 e. The standard InChI is InChI=1S/C13H25N3S/c1-4-9-16-13(7-8-15-16)12(14-6-3)11-17-10-5-2/h7-8,12,14H,4-6,9-11H2,1-3H3. The second-order valence-electron chi connectivity index (χ2n) is 4.16. The number of nitrogens with zero attached hydrogens (tertiary/aromatic N) is 2. The van der Waals surface area contributed by atoms with Crippen LogP contribution in [0.15, 0.2) is 12.3 Å². The number of thioether (sulfide) groups is 1. The fraction of sp³-hybridized carbons (Fsp3) is 0.769. The summed E-state index contributed by atoms with van der Waals surface area (Å²) in [5, 5.41) is 7.97. The molecule has 1 N–H and O–H groups in total. The summed E-state index contributed by atoms with van der Waals surface area (Å²) in [6.07, 6.45) is 4.30. The largest absolute Gasteiger partial charge is 0.308 e. The van der Waals surface area contributed by atoms with Crippen molar-refractivity contribution < 1.29 is 0 Å². The van der Waals surface area contributed by atoms with Crippen LogP contribution >= 0.6 is 11.8 Å². The van der Waals surface area contributed by atoms with E-state index in [4.69, 9.17) is 0 Å². The van der Waals surface area contributed by atoms with Crippen molar-refractivity contribution in [2.75, 3.05) is 18.1 Å². The average Bonchev–Trinajstić information content (AvgIpc) is 2.77. The molecule has 0 aliphatic rings. The van der Waals surface area contributed by atoms with E-state index < -0.39 is 0 Å². The smallest absolute Gasteiger partial charge is 0.0583 e. The van der Waals surface area contributed by atoms with Gasteiger partial charge in [-0.15, -0.1) is 0 Å². The van der Waals surface area contributed by atoms with E-state index in [-0.39, 0.29) is 0 Å². The lowest BCUT2D eigenvalue weighted by Gasteiger charge is -2.19. The van der Waals surface area contributed by atoms with Crippen LogP contribution < -0.4 is 5.32 Å². The van der Waals surface area contributed by atoms with Gasteiger partial charge in [-0.25, -0.2) is 0 Å². The minimum absolute atomic E-state index is 0.436. The number of aryl methyl sites for hydroxylation is 1. The Morgan fingerprint density at radius 1 is 1.35 bits per heavy atom. The van der Waals surface area contributed by atoms with Gasteiger partial charge in [-0.2, -0.15) is 16.9 Å². The summed E-state index contributed by atoms with van der Waals surface area (Å²) in [5.41, 5.74) is 1.33. The van der Waals surface area contributed by atoms with Gasteiger partial charge >= 0.3 is 0 Å². The lowest BCUT2D eigenvalue weighted by molar-refractivity contribution is 0.508. The summed E-state index contributed by atoms with van der Waals surface area (Å²) < 4.78 is 2.14. The van der Waals surface area contributed by atoms with Crippen LogP contribution in [-0.2, 0) is 6.54 Å². The number of aromatic nitrogens is 2. The lowest BCUT2D eigenvalue weighted by Crippen LogP contribution is -2.26. The molecule has 0 bridgehead atoms. The van der Waals surface area contributed by atoms with E-state index in [1.54, 1.807) is 0 Å². The molecule has 1 atom stereocenters.